The van der Waals surface area contributed by atoms with Crippen LogP contribution < -0.4 is 5.73 Å². The van der Waals surface area contributed by atoms with Gasteiger partial charge < -0.3 is 5.73 Å². The molecule has 1 aromatic heterocycles. The van der Waals surface area contributed by atoms with Gasteiger partial charge >= 0.3 is 0 Å². The molecule has 1 aromatic carbocycles. The summed E-state index contributed by atoms with van der Waals surface area (Å²) < 4.78 is 0. The van der Waals surface area contributed by atoms with Crippen molar-refractivity contribution in [3.8, 4) is 0 Å². The van der Waals surface area contributed by atoms with Crippen LogP contribution in [0.1, 0.15) is 23.0 Å². The molecule has 2 N–H and O–H groups in total. The molecule has 0 radical (unpaired) electrons. The van der Waals surface area contributed by atoms with Crippen LogP contribution in [0.4, 0.5) is 0 Å². The van der Waals surface area contributed by atoms with E-state index in [1.54, 1.807) is 18.5 Å². The summed E-state index contributed by atoms with van der Waals surface area (Å²) in [5.41, 5.74) is 8.76. The van der Waals surface area contributed by atoms with Crippen molar-refractivity contribution in [3.63, 3.8) is 0 Å². The number of rotatable bonds is 3. The number of hydrogen-bond donors (Lipinski definition) is 1. The monoisotopic (exact) mass is 281 g/mol. The highest BCUT2D eigenvalue weighted by Crippen LogP contribution is 2.24. The fourth-order valence-corrected chi connectivity index (χ4v) is 1.94. The van der Waals surface area contributed by atoms with E-state index >= 15 is 0 Å². The Balaban J connectivity index is 2.13. The summed E-state index contributed by atoms with van der Waals surface area (Å²) in [7, 11) is 0. The number of nitrogens with two attached hydrogens (primary N) is 1. The molecule has 0 saturated heterocycles. The fraction of sp³-hybridized carbons (Fsp3) is 0.231. The maximum absolute atomic E-state index is 6.09. The van der Waals surface area contributed by atoms with E-state index < -0.39 is 0 Å². The molecule has 3 nitrogen and oxygen atoms in total. The van der Waals surface area contributed by atoms with Crippen LogP contribution in [-0.4, -0.2) is 9.97 Å². The van der Waals surface area contributed by atoms with E-state index in [2.05, 4.69) is 9.97 Å². The van der Waals surface area contributed by atoms with E-state index in [1.165, 1.54) is 0 Å². The Labute approximate surface area is 116 Å². The summed E-state index contributed by atoms with van der Waals surface area (Å²) >= 11 is 11.8. The first-order valence-corrected chi connectivity index (χ1v) is 6.30. The molecule has 1 atom stereocenters. The minimum Gasteiger partial charge on any atom is -0.322 e. The number of aromatic nitrogens is 2. The predicted octanol–water partition coefficient (Wildman–Crippen LogP) is 3.33. The van der Waals surface area contributed by atoms with Crippen molar-refractivity contribution >= 4 is 23.2 Å². The first kappa shape index (κ1) is 13.3. The van der Waals surface area contributed by atoms with E-state index in [-0.39, 0.29) is 6.04 Å². The van der Waals surface area contributed by atoms with Gasteiger partial charge in [0.25, 0.3) is 0 Å². The molecule has 0 amide bonds. The zero-order chi connectivity index (χ0) is 13.1. The molecule has 0 bridgehead atoms. The highest BCUT2D eigenvalue weighted by atomic mass is 35.5. The summed E-state index contributed by atoms with van der Waals surface area (Å²) in [4.78, 5) is 8.45. The molecule has 0 aliphatic heterocycles. The van der Waals surface area contributed by atoms with E-state index in [4.69, 9.17) is 28.9 Å². The van der Waals surface area contributed by atoms with Crippen LogP contribution in [0.15, 0.2) is 30.6 Å². The largest absolute Gasteiger partial charge is 0.322 e. The third-order valence-corrected chi connectivity index (χ3v) is 3.36. The first-order valence-electron chi connectivity index (χ1n) is 5.54. The molecule has 0 saturated carbocycles. The summed E-state index contributed by atoms with van der Waals surface area (Å²) in [6.45, 7) is 1.89. The topological polar surface area (TPSA) is 51.8 Å². The number of aryl methyl sites for hydroxylation is 1. The lowest BCUT2D eigenvalue weighted by atomic mass is 10.0. The zero-order valence-corrected chi connectivity index (χ0v) is 11.4. The molecule has 0 aliphatic rings. The number of hydrogen-bond acceptors (Lipinski definition) is 3. The van der Waals surface area contributed by atoms with Crippen LogP contribution in [0.5, 0.6) is 0 Å². The lowest BCUT2D eigenvalue weighted by Crippen LogP contribution is -2.15. The van der Waals surface area contributed by atoms with Gasteiger partial charge in [0, 0.05) is 6.20 Å². The average Bonchev–Trinajstić information content (AvgIpc) is 2.34. The van der Waals surface area contributed by atoms with E-state index in [9.17, 15) is 0 Å². The van der Waals surface area contributed by atoms with Gasteiger partial charge in [0.05, 0.1) is 33.7 Å². The van der Waals surface area contributed by atoms with E-state index in [1.807, 2.05) is 19.1 Å². The minimum atomic E-state index is -0.199. The van der Waals surface area contributed by atoms with Crippen LogP contribution >= 0.6 is 23.2 Å². The molecule has 94 valence electrons. The predicted molar refractivity (Wildman–Crippen MR) is 73.9 cm³/mol. The molecule has 1 heterocycles. The molecule has 18 heavy (non-hydrogen) atoms. The standard InChI is InChI=1S/C13H13Cl2N3/c1-8-6-18-13(7-17-8)12(16)5-9-2-3-10(14)11(15)4-9/h2-4,6-7,12H,5,16H2,1H3. The summed E-state index contributed by atoms with van der Waals surface area (Å²) in [5.74, 6) is 0. The van der Waals surface area contributed by atoms with Crippen LogP contribution in [-0.2, 0) is 6.42 Å². The van der Waals surface area contributed by atoms with Gasteiger partial charge in [-0.25, -0.2) is 0 Å². The molecule has 0 spiro atoms. The smallest absolute Gasteiger partial charge is 0.0757 e. The Morgan fingerprint density at radius 2 is 1.94 bits per heavy atom. The van der Waals surface area contributed by atoms with Gasteiger partial charge in [-0.1, -0.05) is 29.3 Å². The Hall–Kier alpha value is -1.16. The van der Waals surface area contributed by atoms with Crippen molar-refractivity contribution in [2.45, 2.75) is 19.4 Å². The third-order valence-electron chi connectivity index (χ3n) is 2.62. The second-order valence-corrected chi connectivity index (χ2v) is 4.96. The molecule has 0 fully saturated rings. The number of nitrogens with zero attached hydrogens (tertiary/aromatic N) is 2. The van der Waals surface area contributed by atoms with Crippen molar-refractivity contribution in [1.82, 2.24) is 9.97 Å². The highest BCUT2D eigenvalue weighted by Gasteiger charge is 2.10. The van der Waals surface area contributed by atoms with Gasteiger partial charge in [0.1, 0.15) is 0 Å². The summed E-state index contributed by atoms with van der Waals surface area (Å²) in [6.07, 6.45) is 4.07. The Morgan fingerprint density at radius 3 is 2.56 bits per heavy atom. The van der Waals surface area contributed by atoms with Gasteiger partial charge in [-0.2, -0.15) is 0 Å². The fourth-order valence-electron chi connectivity index (χ4n) is 1.62. The second-order valence-electron chi connectivity index (χ2n) is 4.14. The Kier molecular flexibility index (Phi) is 4.17. The van der Waals surface area contributed by atoms with E-state index in [0.29, 0.717) is 16.5 Å². The maximum Gasteiger partial charge on any atom is 0.0757 e. The van der Waals surface area contributed by atoms with Gasteiger partial charge in [0.15, 0.2) is 0 Å². The first-order chi connectivity index (χ1) is 8.56. The molecule has 0 aliphatic carbocycles. The summed E-state index contributed by atoms with van der Waals surface area (Å²) in [5, 5.41) is 1.08. The Morgan fingerprint density at radius 1 is 1.17 bits per heavy atom. The van der Waals surface area contributed by atoms with Gasteiger partial charge in [-0.15, -0.1) is 0 Å². The molecule has 1 unspecified atom stereocenters. The minimum absolute atomic E-state index is 0.199. The average molecular weight is 282 g/mol. The molecular weight excluding hydrogens is 269 g/mol. The molecule has 5 heteroatoms. The van der Waals surface area contributed by atoms with Crippen molar-refractivity contribution in [1.29, 1.82) is 0 Å². The lowest BCUT2D eigenvalue weighted by Gasteiger charge is -2.11. The van der Waals surface area contributed by atoms with Gasteiger partial charge in [-0.3, -0.25) is 9.97 Å². The highest BCUT2D eigenvalue weighted by molar-refractivity contribution is 6.42. The van der Waals surface area contributed by atoms with Crippen molar-refractivity contribution in [2.24, 2.45) is 5.73 Å². The summed E-state index contributed by atoms with van der Waals surface area (Å²) in [6, 6.07) is 5.31. The van der Waals surface area contributed by atoms with Crippen molar-refractivity contribution in [3.05, 3.63) is 57.6 Å². The van der Waals surface area contributed by atoms with Gasteiger partial charge in [0.2, 0.25) is 0 Å². The van der Waals surface area contributed by atoms with Gasteiger partial charge in [-0.05, 0) is 31.0 Å². The van der Waals surface area contributed by atoms with Crippen LogP contribution in [0.25, 0.3) is 0 Å². The quantitative estimate of drug-likeness (QED) is 0.939. The third kappa shape index (κ3) is 3.19. The van der Waals surface area contributed by atoms with Crippen molar-refractivity contribution < 1.29 is 0 Å². The van der Waals surface area contributed by atoms with Crippen molar-refractivity contribution in [2.75, 3.05) is 0 Å². The Bertz CT molecular complexity index is 540. The van der Waals surface area contributed by atoms with E-state index in [0.717, 1.165) is 17.0 Å². The molecule has 2 aromatic rings. The molecule has 2 rings (SSSR count). The number of halogens is 2. The zero-order valence-electron chi connectivity index (χ0n) is 9.90. The van der Waals surface area contributed by atoms with Crippen LogP contribution in [0.2, 0.25) is 10.0 Å². The second kappa shape index (κ2) is 5.65. The maximum atomic E-state index is 6.09. The SMILES string of the molecule is Cc1cnc(C(N)Cc2ccc(Cl)c(Cl)c2)cn1. The number of benzene rings is 1. The normalized spacial score (nSPS) is 12.4. The lowest BCUT2D eigenvalue weighted by molar-refractivity contribution is 0.689. The van der Waals surface area contributed by atoms with Crippen LogP contribution in [0.3, 0.4) is 0 Å². The van der Waals surface area contributed by atoms with Crippen LogP contribution in [0, 0.1) is 6.92 Å². The molecular formula is C13H13Cl2N3.